The number of likely N-dealkylation sites (tertiary alicyclic amines) is 1. The van der Waals surface area contributed by atoms with E-state index in [9.17, 15) is 9.59 Å². The van der Waals surface area contributed by atoms with Crippen LogP contribution in [0.5, 0.6) is 0 Å². The molecule has 1 N–H and O–H groups in total. The van der Waals surface area contributed by atoms with Gasteiger partial charge in [-0.15, -0.1) is 0 Å². The van der Waals surface area contributed by atoms with Crippen molar-refractivity contribution in [2.45, 2.75) is 52.3 Å². The van der Waals surface area contributed by atoms with Crippen molar-refractivity contribution in [1.29, 1.82) is 0 Å². The van der Waals surface area contributed by atoms with Gasteiger partial charge in [0.2, 0.25) is 0 Å². The average molecular weight is 362 g/mol. The van der Waals surface area contributed by atoms with Crippen LogP contribution in [0.1, 0.15) is 39.7 Å². The minimum absolute atomic E-state index is 0.00489. The second-order valence-electron chi connectivity index (χ2n) is 7.70. The van der Waals surface area contributed by atoms with Crippen molar-refractivity contribution in [2.75, 3.05) is 19.7 Å². The summed E-state index contributed by atoms with van der Waals surface area (Å²) in [5, 5.41) is 2.94. The maximum absolute atomic E-state index is 12.2. The molecule has 0 saturated carbocycles. The van der Waals surface area contributed by atoms with E-state index in [0.29, 0.717) is 19.6 Å². The predicted octanol–water partition coefficient (Wildman–Crippen LogP) is 2.96. The summed E-state index contributed by atoms with van der Waals surface area (Å²) >= 11 is 0. The molecule has 1 heterocycles. The van der Waals surface area contributed by atoms with E-state index in [1.807, 2.05) is 39.0 Å². The van der Waals surface area contributed by atoms with Crippen LogP contribution in [0.25, 0.3) is 0 Å². The number of ether oxygens (including phenoxy) is 2. The molecule has 2 atom stereocenters. The standard InChI is InChI=1S/C20H30N2O4/c1-5-25-18(23)11-16-13-22(12-15-9-7-6-8-10-15)14-17(16)21-19(24)26-20(2,3)4/h6-10,16-17H,5,11-14H2,1-4H3,(H,21,24). The zero-order chi connectivity index (χ0) is 19.2. The Morgan fingerprint density at radius 3 is 2.50 bits per heavy atom. The topological polar surface area (TPSA) is 67.9 Å². The Kier molecular flexibility index (Phi) is 7.03. The molecule has 6 heteroatoms. The van der Waals surface area contributed by atoms with Gasteiger partial charge in [0, 0.05) is 31.6 Å². The summed E-state index contributed by atoms with van der Waals surface area (Å²) in [7, 11) is 0. The van der Waals surface area contributed by atoms with Gasteiger partial charge in [-0.1, -0.05) is 30.3 Å². The Hall–Kier alpha value is -2.08. The number of carbonyl (C=O) groups is 2. The van der Waals surface area contributed by atoms with E-state index in [1.54, 1.807) is 6.92 Å². The van der Waals surface area contributed by atoms with Crippen molar-refractivity contribution >= 4 is 12.1 Å². The van der Waals surface area contributed by atoms with Crippen LogP contribution >= 0.6 is 0 Å². The minimum Gasteiger partial charge on any atom is -0.466 e. The molecular weight excluding hydrogens is 332 g/mol. The quantitative estimate of drug-likeness (QED) is 0.788. The van der Waals surface area contributed by atoms with Crippen molar-refractivity contribution in [2.24, 2.45) is 5.92 Å². The van der Waals surface area contributed by atoms with Crippen LogP contribution < -0.4 is 5.32 Å². The van der Waals surface area contributed by atoms with Crippen LogP contribution in [-0.2, 0) is 20.8 Å². The second-order valence-corrected chi connectivity index (χ2v) is 7.70. The van der Waals surface area contributed by atoms with Crippen molar-refractivity contribution < 1.29 is 19.1 Å². The molecule has 1 amide bonds. The Labute approximate surface area is 155 Å². The van der Waals surface area contributed by atoms with Crippen LogP contribution in [-0.4, -0.2) is 48.3 Å². The molecule has 6 nitrogen and oxygen atoms in total. The molecule has 1 saturated heterocycles. The Morgan fingerprint density at radius 2 is 1.88 bits per heavy atom. The minimum atomic E-state index is -0.553. The van der Waals surface area contributed by atoms with Crippen LogP contribution in [0.4, 0.5) is 4.79 Å². The number of benzene rings is 1. The van der Waals surface area contributed by atoms with Gasteiger partial charge in [0.05, 0.1) is 13.0 Å². The first-order valence-corrected chi connectivity index (χ1v) is 9.18. The summed E-state index contributed by atoms with van der Waals surface area (Å²) in [5.41, 5.74) is 0.656. The van der Waals surface area contributed by atoms with E-state index in [-0.39, 0.29) is 17.9 Å². The Morgan fingerprint density at radius 1 is 1.19 bits per heavy atom. The lowest BCUT2D eigenvalue weighted by Gasteiger charge is -2.24. The molecule has 1 fully saturated rings. The van der Waals surface area contributed by atoms with Crippen LogP contribution in [0, 0.1) is 5.92 Å². The highest BCUT2D eigenvalue weighted by molar-refractivity contribution is 5.71. The molecule has 1 aromatic carbocycles. The number of nitrogens with zero attached hydrogens (tertiary/aromatic N) is 1. The van der Waals surface area contributed by atoms with E-state index in [1.165, 1.54) is 5.56 Å². The van der Waals surface area contributed by atoms with Crippen LogP contribution in [0.15, 0.2) is 30.3 Å². The van der Waals surface area contributed by atoms with Gasteiger partial charge in [-0.2, -0.15) is 0 Å². The second kappa shape index (κ2) is 9.03. The van der Waals surface area contributed by atoms with Gasteiger partial charge in [-0.3, -0.25) is 9.69 Å². The molecule has 1 aliphatic rings. The number of hydrogen-bond acceptors (Lipinski definition) is 5. The molecule has 2 rings (SSSR count). The lowest BCUT2D eigenvalue weighted by Crippen LogP contribution is -2.43. The fraction of sp³-hybridized carbons (Fsp3) is 0.600. The van der Waals surface area contributed by atoms with Crippen molar-refractivity contribution in [3.63, 3.8) is 0 Å². The molecule has 144 valence electrons. The molecular formula is C20H30N2O4. The monoisotopic (exact) mass is 362 g/mol. The number of amides is 1. The van der Waals surface area contributed by atoms with Gasteiger partial charge in [-0.05, 0) is 33.3 Å². The molecule has 0 spiro atoms. The summed E-state index contributed by atoms with van der Waals surface area (Å²) < 4.78 is 10.5. The zero-order valence-corrected chi connectivity index (χ0v) is 16.2. The fourth-order valence-corrected chi connectivity index (χ4v) is 3.19. The molecule has 0 aromatic heterocycles. The lowest BCUT2D eigenvalue weighted by atomic mass is 10.00. The maximum Gasteiger partial charge on any atom is 0.407 e. The molecule has 26 heavy (non-hydrogen) atoms. The van der Waals surface area contributed by atoms with Crippen molar-refractivity contribution in [3.8, 4) is 0 Å². The number of carbonyl (C=O) groups excluding carboxylic acids is 2. The van der Waals surface area contributed by atoms with E-state index in [4.69, 9.17) is 9.47 Å². The van der Waals surface area contributed by atoms with Gasteiger partial charge < -0.3 is 14.8 Å². The number of esters is 1. The SMILES string of the molecule is CCOC(=O)CC1CN(Cc2ccccc2)CC1NC(=O)OC(C)(C)C. The predicted molar refractivity (Wildman–Crippen MR) is 99.6 cm³/mol. The summed E-state index contributed by atoms with van der Waals surface area (Å²) in [4.78, 5) is 26.4. The number of nitrogens with one attached hydrogen (secondary N) is 1. The van der Waals surface area contributed by atoms with Crippen LogP contribution in [0.3, 0.4) is 0 Å². The number of hydrogen-bond donors (Lipinski definition) is 1. The normalized spacial score (nSPS) is 20.6. The number of alkyl carbamates (subject to hydrolysis) is 1. The van der Waals surface area contributed by atoms with Gasteiger partial charge in [0.1, 0.15) is 5.60 Å². The van der Waals surface area contributed by atoms with E-state index in [2.05, 4.69) is 22.3 Å². The highest BCUT2D eigenvalue weighted by Crippen LogP contribution is 2.23. The van der Waals surface area contributed by atoms with Gasteiger partial charge in [0.25, 0.3) is 0 Å². The first-order valence-electron chi connectivity index (χ1n) is 9.18. The van der Waals surface area contributed by atoms with E-state index >= 15 is 0 Å². The molecule has 0 radical (unpaired) electrons. The van der Waals surface area contributed by atoms with Gasteiger partial charge >= 0.3 is 12.1 Å². The third-order valence-electron chi connectivity index (χ3n) is 4.20. The zero-order valence-electron chi connectivity index (χ0n) is 16.2. The smallest absolute Gasteiger partial charge is 0.407 e. The largest absolute Gasteiger partial charge is 0.466 e. The molecule has 1 aromatic rings. The highest BCUT2D eigenvalue weighted by atomic mass is 16.6. The molecule has 2 unspecified atom stereocenters. The molecule has 0 bridgehead atoms. The van der Waals surface area contributed by atoms with Crippen molar-refractivity contribution in [1.82, 2.24) is 10.2 Å². The summed E-state index contributed by atoms with van der Waals surface area (Å²) in [6.07, 6.45) is -0.155. The maximum atomic E-state index is 12.2. The summed E-state index contributed by atoms with van der Waals surface area (Å²) in [6, 6.07) is 10.0. The van der Waals surface area contributed by atoms with E-state index < -0.39 is 11.7 Å². The Balaban J connectivity index is 2.00. The lowest BCUT2D eigenvalue weighted by molar-refractivity contribution is -0.144. The highest BCUT2D eigenvalue weighted by Gasteiger charge is 2.36. The summed E-state index contributed by atoms with van der Waals surface area (Å²) in [5.74, 6) is -0.222. The third kappa shape index (κ3) is 6.67. The molecule has 0 aliphatic carbocycles. The van der Waals surface area contributed by atoms with Gasteiger partial charge in [0.15, 0.2) is 0 Å². The van der Waals surface area contributed by atoms with Crippen LogP contribution in [0.2, 0.25) is 0 Å². The fourth-order valence-electron chi connectivity index (χ4n) is 3.19. The van der Waals surface area contributed by atoms with E-state index in [0.717, 1.165) is 13.1 Å². The average Bonchev–Trinajstić information content (AvgIpc) is 2.87. The number of rotatable bonds is 6. The Bertz CT molecular complexity index is 598. The first kappa shape index (κ1) is 20.2. The first-order chi connectivity index (χ1) is 12.3. The van der Waals surface area contributed by atoms with Crippen molar-refractivity contribution in [3.05, 3.63) is 35.9 Å². The summed E-state index contributed by atoms with van der Waals surface area (Å²) in [6.45, 7) is 9.85. The van der Waals surface area contributed by atoms with Gasteiger partial charge in [-0.25, -0.2) is 4.79 Å². The third-order valence-corrected chi connectivity index (χ3v) is 4.20. The molecule has 1 aliphatic heterocycles.